The number of carbonyl (C=O) groups is 1. The number of hydrogen-bond acceptors (Lipinski definition) is 2. The Kier molecular flexibility index (Phi) is 2.85. The molecule has 1 saturated heterocycles. The van der Waals surface area contributed by atoms with Gasteiger partial charge in [0.1, 0.15) is 0 Å². The molecule has 1 aliphatic heterocycles. The summed E-state index contributed by atoms with van der Waals surface area (Å²) in [6.07, 6.45) is 0.608. The predicted octanol–water partition coefficient (Wildman–Crippen LogP) is 2.13. The van der Waals surface area contributed by atoms with E-state index in [-0.39, 0.29) is 5.78 Å². The summed E-state index contributed by atoms with van der Waals surface area (Å²) in [4.78, 5) is 11.8. The average Bonchev–Trinajstić information content (AvgIpc) is 2.12. The second-order valence-corrected chi connectivity index (χ2v) is 4.04. The Morgan fingerprint density at radius 3 is 2.71 bits per heavy atom. The maximum atomic E-state index is 11.8. The van der Waals surface area contributed by atoms with Crippen molar-refractivity contribution in [3.05, 3.63) is 34.9 Å². The van der Waals surface area contributed by atoms with E-state index in [1.54, 1.807) is 12.1 Å². The standard InChI is InChI=1S/C11H12ClNO/c12-10-4-2-1-3-9(10)11(14)5-8-6-13-7-8/h1-4,8,13H,5-7H2. The van der Waals surface area contributed by atoms with Gasteiger partial charge < -0.3 is 5.32 Å². The van der Waals surface area contributed by atoms with Crippen LogP contribution in [0.15, 0.2) is 24.3 Å². The number of hydrogen-bond donors (Lipinski definition) is 1. The molecular weight excluding hydrogens is 198 g/mol. The zero-order valence-electron chi connectivity index (χ0n) is 7.79. The fourth-order valence-electron chi connectivity index (χ4n) is 1.55. The molecule has 2 rings (SSSR count). The minimum Gasteiger partial charge on any atom is -0.316 e. The molecule has 1 heterocycles. The summed E-state index contributed by atoms with van der Waals surface area (Å²) in [5.74, 6) is 0.654. The molecule has 1 N–H and O–H groups in total. The van der Waals surface area contributed by atoms with Crippen LogP contribution in [0.4, 0.5) is 0 Å². The summed E-state index contributed by atoms with van der Waals surface area (Å²) in [5.41, 5.74) is 0.654. The highest BCUT2D eigenvalue weighted by Gasteiger charge is 2.21. The molecule has 2 nitrogen and oxygen atoms in total. The van der Waals surface area contributed by atoms with Gasteiger partial charge in [-0.2, -0.15) is 0 Å². The first-order valence-corrected chi connectivity index (χ1v) is 5.13. The largest absolute Gasteiger partial charge is 0.316 e. The Morgan fingerprint density at radius 1 is 1.43 bits per heavy atom. The molecule has 0 aliphatic carbocycles. The van der Waals surface area contributed by atoms with Crippen molar-refractivity contribution in [3.63, 3.8) is 0 Å². The smallest absolute Gasteiger partial charge is 0.164 e. The van der Waals surface area contributed by atoms with Gasteiger partial charge in [0.15, 0.2) is 5.78 Å². The summed E-state index contributed by atoms with van der Waals surface area (Å²) in [6.45, 7) is 1.91. The van der Waals surface area contributed by atoms with Crippen molar-refractivity contribution < 1.29 is 4.79 Å². The average molecular weight is 210 g/mol. The molecule has 74 valence electrons. The van der Waals surface area contributed by atoms with E-state index in [4.69, 9.17) is 11.6 Å². The van der Waals surface area contributed by atoms with Crippen molar-refractivity contribution in [1.82, 2.24) is 5.32 Å². The fraction of sp³-hybridized carbons (Fsp3) is 0.364. The van der Waals surface area contributed by atoms with Gasteiger partial charge in [0, 0.05) is 12.0 Å². The van der Waals surface area contributed by atoms with Crippen molar-refractivity contribution in [3.8, 4) is 0 Å². The zero-order valence-corrected chi connectivity index (χ0v) is 8.55. The summed E-state index contributed by atoms with van der Waals surface area (Å²) in [7, 11) is 0. The molecule has 0 amide bonds. The van der Waals surface area contributed by atoms with Crippen LogP contribution in [0.25, 0.3) is 0 Å². The molecule has 0 unspecified atom stereocenters. The van der Waals surface area contributed by atoms with Gasteiger partial charge in [0.25, 0.3) is 0 Å². The van der Waals surface area contributed by atoms with Crippen LogP contribution < -0.4 is 5.32 Å². The van der Waals surface area contributed by atoms with Crippen molar-refractivity contribution in [2.24, 2.45) is 5.92 Å². The first-order chi connectivity index (χ1) is 6.77. The molecule has 0 radical (unpaired) electrons. The van der Waals surface area contributed by atoms with E-state index in [2.05, 4.69) is 5.32 Å². The summed E-state index contributed by atoms with van der Waals surface area (Å²) < 4.78 is 0. The first kappa shape index (κ1) is 9.69. The number of Topliss-reactive ketones (excluding diaryl/α,β-unsaturated/α-hetero) is 1. The highest BCUT2D eigenvalue weighted by atomic mass is 35.5. The number of nitrogens with one attached hydrogen (secondary N) is 1. The lowest BCUT2D eigenvalue weighted by Gasteiger charge is -2.26. The van der Waals surface area contributed by atoms with Crippen LogP contribution in [0, 0.1) is 5.92 Å². The van der Waals surface area contributed by atoms with Crippen molar-refractivity contribution in [1.29, 1.82) is 0 Å². The molecular formula is C11H12ClNO. The van der Waals surface area contributed by atoms with E-state index >= 15 is 0 Å². The van der Waals surface area contributed by atoms with Crippen molar-refractivity contribution >= 4 is 17.4 Å². The molecule has 0 atom stereocenters. The van der Waals surface area contributed by atoms with Crippen LogP contribution in [-0.2, 0) is 0 Å². The highest BCUT2D eigenvalue weighted by Crippen LogP contribution is 2.19. The van der Waals surface area contributed by atoms with Crippen LogP contribution in [0.1, 0.15) is 16.8 Å². The molecule has 0 saturated carbocycles. The van der Waals surface area contributed by atoms with Gasteiger partial charge in [-0.15, -0.1) is 0 Å². The lowest BCUT2D eigenvalue weighted by Crippen LogP contribution is -2.42. The van der Waals surface area contributed by atoms with Gasteiger partial charge in [0.2, 0.25) is 0 Å². The number of ketones is 1. The number of carbonyl (C=O) groups excluding carboxylic acids is 1. The van der Waals surface area contributed by atoms with E-state index in [1.807, 2.05) is 12.1 Å². The van der Waals surface area contributed by atoms with Gasteiger partial charge in [-0.3, -0.25) is 4.79 Å². The Morgan fingerprint density at radius 2 is 2.14 bits per heavy atom. The lowest BCUT2D eigenvalue weighted by molar-refractivity contribution is 0.0945. The molecule has 0 bridgehead atoms. The van der Waals surface area contributed by atoms with Crippen LogP contribution in [0.3, 0.4) is 0 Å². The summed E-state index contributed by atoms with van der Waals surface area (Å²) in [5, 5.41) is 3.71. The third kappa shape index (κ3) is 1.97. The van der Waals surface area contributed by atoms with Crippen molar-refractivity contribution in [2.75, 3.05) is 13.1 Å². The summed E-state index contributed by atoms with van der Waals surface area (Å²) in [6, 6.07) is 7.23. The fourth-order valence-corrected chi connectivity index (χ4v) is 1.79. The molecule has 1 aromatic rings. The maximum absolute atomic E-state index is 11.8. The number of benzene rings is 1. The normalized spacial score (nSPS) is 16.4. The second-order valence-electron chi connectivity index (χ2n) is 3.63. The van der Waals surface area contributed by atoms with Crippen LogP contribution >= 0.6 is 11.6 Å². The molecule has 3 heteroatoms. The zero-order chi connectivity index (χ0) is 9.97. The predicted molar refractivity (Wildman–Crippen MR) is 56.8 cm³/mol. The molecule has 0 aromatic heterocycles. The van der Waals surface area contributed by atoms with E-state index in [9.17, 15) is 4.79 Å². The van der Waals surface area contributed by atoms with Crippen molar-refractivity contribution in [2.45, 2.75) is 6.42 Å². The maximum Gasteiger partial charge on any atom is 0.164 e. The third-order valence-electron chi connectivity index (χ3n) is 2.51. The minimum absolute atomic E-state index is 0.155. The number of halogens is 1. The third-order valence-corrected chi connectivity index (χ3v) is 2.84. The minimum atomic E-state index is 0.155. The SMILES string of the molecule is O=C(CC1CNC1)c1ccccc1Cl. The van der Waals surface area contributed by atoms with Gasteiger partial charge >= 0.3 is 0 Å². The quantitative estimate of drug-likeness (QED) is 0.773. The molecule has 0 spiro atoms. The van der Waals surface area contributed by atoms with E-state index in [0.29, 0.717) is 22.9 Å². The Hall–Kier alpha value is -0.860. The second kappa shape index (κ2) is 4.11. The van der Waals surface area contributed by atoms with Gasteiger partial charge in [-0.25, -0.2) is 0 Å². The topological polar surface area (TPSA) is 29.1 Å². The van der Waals surface area contributed by atoms with E-state index < -0.39 is 0 Å². The van der Waals surface area contributed by atoms with E-state index in [1.165, 1.54) is 0 Å². The van der Waals surface area contributed by atoms with Crippen LogP contribution in [0.5, 0.6) is 0 Å². The molecule has 14 heavy (non-hydrogen) atoms. The highest BCUT2D eigenvalue weighted by molar-refractivity contribution is 6.33. The van der Waals surface area contributed by atoms with Crippen LogP contribution in [0.2, 0.25) is 5.02 Å². The molecule has 1 aromatic carbocycles. The monoisotopic (exact) mass is 209 g/mol. The van der Waals surface area contributed by atoms with Gasteiger partial charge in [0.05, 0.1) is 5.02 Å². The lowest BCUT2D eigenvalue weighted by atomic mass is 9.94. The Labute approximate surface area is 88.3 Å². The Balaban J connectivity index is 2.06. The Bertz CT molecular complexity index is 347. The van der Waals surface area contributed by atoms with E-state index in [0.717, 1.165) is 13.1 Å². The number of rotatable bonds is 3. The molecule has 1 aliphatic rings. The van der Waals surface area contributed by atoms with Gasteiger partial charge in [-0.05, 0) is 31.1 Å². The van der Waals surface area contributed by atoms with Crippen LogP contribution in [-0.4, -0.2) is 18.9 Å². The first-order valence-electron chi connectivity index (χ1n) is 4.76. The molecule has 1 fully saturated rings. The van der Waals surface area contributed by atoms with Gasteiger partial charge in [-0.1, -0.05) is 23.7 Å². The summed E-state index contributed by atoms with van der Waals surface area (Å²) >= 11 is 5.93.